The lowest BCUT2D eigenvalue weighted by Gasteiger charge is -2.22. The molecule has 1 aromatic rings. The van der Waals surface area contributed by atoms with Crippen molar-refractivity contribution in [3.05, 3.63) is 43.0 Å². The van der Waals surface area contributed by atoms with Crippen LogP contribution in [-0.4, -0.2) is 14.2 Å². The van der Waals surface area contributed by atoms with E-state index >= 15 is 0 Å². The van der Waals surface area contributed by atoms with Crippen LogP contribution in [0, 0.1) is 5.41 Å². The topological polar surface area (TPSA) is 34.1 Å². The van der Waals surface area contributed by atoms with Crippen molar-refractivity contribution >= 4 is 9.84 Å². The van der Waals surface area contributed by atoms with E-state index in [1.807, 2.05) is 19.9 Å². The predicted octanol–water partition coefficient (Wildman–Crippen LogP) is 3.06. The van der Waals surface area contributed by atoms with E-state index in [0.29, 0.717) is 11.3 Å². The summed E-state index contributed by atoms with van der Waals surface area (Å²) in [5.41, 5.74) is -0.267. The number of hydrogen-bond donors (Lipinski definition) is 0. The average molecular weight is 238 g/mol. The highest BCUT2D eigenvalue weighted by Crippen LogP contribution is 2.26. The second-order valence-corrected chi connectivity index (χ2v) is 6.72. The van der Waals surface area contributed by atoms with Crippen LogP contribution in [0.5, 0.6) is 0 Å². The van der Waals surface area contributed by atoms with E-state index in [9.17, 15) is 8.42 Å². The van der Waals surface area contributed by atoms with Crippen LogP contribution < -0.4 is 0 Å². The first-order valence-corrected chi connectivity index (χ1v) is 6.91. The maximum atomic E-state index is 12.1. The van der Waals surface area contributed by atoms with E-state index in [2.05, 4.69) is 6.58 Å². The molecule has 0 aliphatic rings. The molecule has 0 aliphatic carbocycles. The maximum Gasteiger partial charge on any atom is 0.178 e. The Balaban J connectivity index is 2.93. The zero-order valence-corrected chi connectivity index (χ0v) is 10.6. The Bertz CT molecular complexity index is 444. The van der Waals surface area contributed by atoms with Gasteiger partial charge in [-0.15, -0.1) is 6.58 Å². The largest absolute Gasteiger partial charge is 0.224 e. The minimum Gasteiger partial charge on any atom is -0.224 e. The van der Waals surface area contributed by atoms with Crippen LogP contribution >= 0.6 is 0 Å². The van der Waals surface area contributed by atoms with Gasteiger partial charge in [0.25, 0.3) is 0 Å². The normalized spacial score (nSPS) is 12.4. The SMILES string of the molecule is C=CCC(C)(C)CS(=O)(=O)c1ccccc1. The van der Waals surface area contributed by atoms with Crippen LogP contribution in [0.3, 0.4) is 0 Å². The highest BCUT2D eigenvalue weighted by Gasteiger charge is 2.26. The molecule has 0 saturated carbocycles. The van der Waals surface area contributed by atoms with Crippen molar-refractivity contribution in [2.24, 2.45) is 5.41 Å². The van der Waals surface area contributed by atoms with Crippen molar-refractivity contribution in [2.45, 2.75) is 25.2 Å². The smallest absolute Gasteiger partial charge is 0.178 e. The van der Waals surface area contributed by atoms with Crippen molar-refractivity contribution in [1.82, 2.24) is 0 Å². The van der Waals surface area contributed by atoms with E-state index in [1.165, 1.54) is 0 Å². The molecule has 0 N–H and O–H groups in total. The highest BCUT2D eigenvalue weighted by atomic mass is 32.2. The van der Waals surface area contributed by atoms with Crippen LogP contribution in [0.15, 0.2) is 47.9 Å². The molecular formula is C13H18O2S. The minimum atomic E-state index is -3.19. The summed E-state index contributed by atoms with van der Waals surface area (Å²) in [5, 5.41) is 0. The molecule has 0 spiro atoms. The van der Waals surface area contributed by atoms with Crippen LogP contribution in [-0.2, 0) is 9.84 Å². The lowest BCUT2D eigenvalue weighted by atomic mass is 9.92. The summed E-state index contributed by atoms with van der Waals surface area (Å²) in [6.45, 7) is 7.53. The molecule has 0 aliphatic heterocycles. The fourth-order valence-corrected chi connectivity index (χ4v) is 3.56. The average Bonchev–Trinajstić information content (AvgIpc) is 2.17. The summed E-state index contributed by atoms with van der Waals surface area (Å²) in [5.74, 6) is 0.149. The monoisotopic (exact) mass is 238 g/mol. The van der Waals surface area contributed by atoms with Crippen molar-refractivity contribution in [1.29, 1.82) is 0 Å². The Morgan fingerprint density at radius 3 is 2.31 bits per heavy atom. The second kappa shape index (κ2) is 4.83. The Hall–Kier alpha value is -1.09. The molecule has 0 bridgehead atoms. The zero-order chi connectivity index (χ0) is 12.2. The molecule has 0 unspecified atom stereocenters. The first kappa shape index (κ1) is 13.0. The van der Waals surface area contributed by atoms with Gasteiger partial charge in [-0.2, -0.15) is 0 Å². The van der Waals surface area contributed by atoms with Gasteiger partial charge in [-0.25, -0.2) is 8.42 Å². The second-order valence-electron chi connectivity index (χ2n) is 4.73. The molecule has 16 heavy (non-hydrogen) atoms. The summed E-state index contributed by atoms with van der Waals surface area (Å²) >= 11 is 0. The van der Waals surface area contributed by atoms with Gasteiger partial charge in [-0.3, -0.25) is 0 Å². The summed E-state index contributed by atoms with van der Waals surface area (Å²) < 4.78 is 24.2. The lowest BCUT2D eigenvalue weighted by Crippen LogP contribution is -2.23. The molecule has 0 fully saturated rings. The molecule has 0 heterocycles. The standard InChI is InChI=1S/C13H18O2S/c1-4-10-13(2,3)11-16(14,15)12-8-6-5-7-9-12/h4-9H,1,10-11H2,2-3H3. The summed E-state index contributed by atoms with van der Waals surface area (Å²) in [7, 11) is -3.19. The number of rotatable bonds is 5. The minimum absolute atomic E-state index is 0.149. The van der Waals surface area contributed by atoms with E-state index in [1.54, 1.807) is 30.3 Å². The molecule has 2 nitrogen and oxygen atoms in total. The molecule has 1 rings (SSSR count). The number of allylic oxidation sites excluding steroid dienone is 1. The van der Waals surface area contributed by atoms with Gasteiger partial charge in [-0.05, 0) is 24.0 Å². The van der Waals surface area contributed by atoms with Crippen molar-refractivity contribution in [3.63, 3.8) is 0 Å². The van der Waals surface area contributed by atoms with Gasteiger partial charge >= 0.3 is 0 Å². The van der Waals surface area contributed by atoms with Gasteiger partial charge in [0.2, 0.25) is 0 Å². The van der Waals surface area contributed by atoms with Crippen molar-refractivity contribution < 1.29 is 8.42 Å². The molecule has 88 valence electrons. The first-order valence-electron chi connectivity index (χ1n) is 5.26. The van der Waals surface area contributed by atoms with Crippen LogP contribution in [0.1, 0.15) is 20.3 Å². The van der Waals surface area contributed by atoms with Gasteiger partial charge < -0.3 is 0 Å². The Morgan fingerprint density at radius 2 is 1.81 bits per heavy atom. The molecule has 0 atom stereocenters. The summed E-state index contributed by atoms with van der Waals surface area (Å²) in [6.07, 6.45) is 2.46. The molecule has 1 aromatic carbocycles. The Kier molecular flexibility index (Phi) is 3.92. The van der Waals surface area contributed by atoms with Gasteiger partial charge in [0.05, 0.1) is 10.6 Å². The van der Waals surface area contributed by atoms with Crippen LogP contribution in [0.25, 0.3) is 0 Å². The number of hydrogen-bond acceptors (Lipinski definition) is 2. The van der Waals surface area contributed by atoms with Crippen LogP contribution in [0.4, 0.5) is 0 Å². The van der Waals surface area contributed by atoms with Gasteiger partial charge in [-0.1, -0.05) is 38.1 Å². The van der Waals surface area contributed by atoms with Crippen molar-refractivity contribution in [2.75, 3.05) is 5.75 Å². The number of sulfone groups is 1. The summed E-state index contributed by atoms with van der Waals surface area (Å²) in [6, 6.07) is 8.58. The summed E-state index contributed by atoms with van der Waals surface area (Å²) in [4.78, 5) is 0.395. The first-order chi connectivity index (χ1) is 7.37. The van der Waals surface area contributed by atoms with Gasteiger partial charge in [0, 0.05) is 0 Å². The molecule has 3 heteroatoms. The molecule has 0 saturated heterocycles. The van der Waals surface area contributed by atoms with Crippen molar-refractivity contribution in [3.8, 4) is 0 Å². The third-order valence-electron chi connectivity index (χ3n) is 2.38. The lowest BCUT2D eigenvalue weighted by molar-refractivity contribution is 0.418. The fraction of sp³-hybridized carbons (Fsp3) is 0.385. The maximum absolute atomic E-state index is 12.1. The van der Waals surface area contributed by atoms with Crippen LogP contribution in [0.2, 0.25) is 0 Å². The van der Waals surface area contributed by atoms with E-state index in [4.69, 9.17) is 0 Å². The Labute approximate surface area is 97.9 Å². The molecule has 0 amide bonds. The highest BCUT2D eigenvalue weighted by molar-refractivity contribution is 7.91. The van der Waals surface area contributed by atoms with E-state index < -0.39 is 9.84 Å². The quantitative estimate of drug-likeness (QED) is 0.739. The Morgan fingerprint density at radius 1 is 1.25 bits per heavy atom. The predicted molar refractivity (Wildman–Crippen MR) is 67.1 cm³/mol. The van der Waals surface area contributed by atoms with Gasteiger partial charge in [0.1, 0.15) is 0 Å². The number of benzene rings is 1. The van der Waals surface area contributed by atoms with E-state index in [0.717, 1.165) is 0 Å². The zero-order valence-electron chi connectivity index (χ0n) is 9.81. The third-order valence-corrected chi connectivity index (χ3v) is 4.53. The third kappa shape index (κ3) is 3.49. The van der Waals surface area contributed by atoms with E-state index in [-0.39, 0.29) is 11.2 Å². The molecular weight excluding hydrogens is 220 g/mol. The fourth-order valence-electron chi connectivity index (χ4n) is 1.68. The molecule has 0 radical (unpaired) electrons. The molecule has 0 aromatic heterocycles. The van der Waals surface area contributed by atoms with Gasteiger partial charge in [0.15, 0.2) is 9.84 Å².